The Balaban J connectivity index is 3.50. The fourth-order valence-electron chi connectivity index (χ4n) is 1.44. The summed E-state index contributed by atoms with van der Waals surface area (Å²) < 4.78 is 145. The van der Waals surface area contributed by atoms with Gasteiger partial charge in [-0.05, 0) is 0 Å². The van der Waals surface area contributed by atoms with Crippen molar-refractivity contribution in [3.63, 3.8) is 0 Å². The quantitative estimate of drug-likeness (QED) is 0.675. The Labute approximate surface area is 108 Å². The molecule has 0 aromatic rings. The SMILES string of the molecule is CC(F)(F)C1(F)OC(C(F)(F)F)(C(F)(F)F)OCC1(F)F. The number of rotatable bonds is 1. The van der Waals surface area contributed by atoms with Crippen LogP contribution in [0.1, 0.15) is 6.92 Å². The lowest BCUT2D eigenvalue weighted by Gasteiger charge is -2.49. The molecule has 0 radical (unpaired) electrons. The Morgan fingerprint density at radius 2 is 1.19 bits per heavy atom. The van der Waals surface area contributed by atoms with Crippen molar-refractivity contribution in [2.24, 2.45) is 0 Å². The van der Waals surface area contributed by atoms with Crippen molar-refractivity contribution in [3.8, 4) is 0 Å². The van der Waals surface area contributed by atoms with E-state index in [2.05, 4.69) is 9.47 Å². The summed E-state index contributed by atoms with van der Waals surface area (Å²) in [5.74, 6) is -22.6. The summed E-state index contributed by atoms with van der Waals surface area (Å²) in [6.07, 6.45) is -13.3. The normalized spacial score (nSPS) is 30.3. The van der Waals surface area contributed by atoms with Gasteiger partial charge in [-0.1, -0.05) is 0 Å². The first-order valence-electron chi connectivity index (χ1n) is 4.83. The standard InChI is InChI=1S/C8H5F11O2/c1-3(9,10)5(13)4(11,12)2-20-6(21-5,7(14,15)16)8(17,18)19/h2H2,1H3. The first kappa shape index (κ1) is 18.2. The third-order valence-corrected chi connectivity index (χ3v) is 2.52. The van der Waals surface area contributed by atoms with Crippen molar-refractivity contribution in [1.29, 1.82) is 0 Å². The van der Waals surface area contributed by atoms with E-state index in [4.69, 9.17) is 0 Å². The highest BCUT2D eigenvalue weighted by molar-refractivity contribution is 5.03. The molecule has 1 saturated heterocycles. The second-order valence-corrected chi connectivity index (χ2v) is 4.19. The predicted octanol–water partition coefficient (Wildman–Crippen LogP) is 3.81. The topological polar surface area (TPSA) is 18.5 Å². The average Bonchev–Trinajstić information content (AvgIpc) is 2.16. The Bertz CT molecular complexity index is 392. The van der Waals surface area contributed by atoms with Crippen LogP contribution in [0.3, 0.4) is 0 Å². The van der Waals surface area contributed by atoms with Gasteiger partial charge in [0.15, 0.2) is 0 Å². The lowest BCUT2D eigenvalue weighted by molar-refractivity contribution is -0.560. The maximum absolute atomic E-state index is 13.6. The zero-order chi connectivity index (χ0) is 17.1. The van der Waals surface area contributed by atoms with Crippen molar-refractivity contribution in [3.05, 3.63) is 0 Å². The zero-order valence-electron chi connectivity index (χ0n) is 9.68. The van der Waals surface area contributed by atoms with Crippen LogP contribution < -0.4 is 0 Å². The minimum absolute atomic E-state index is 0.649. The zero-order valence-corrected chi connectivity index (χ0v) is 9.68. The van der Waals surface area contributed by atoms with Gasteiger partial charge in [0.05, 0.1) is 0 Å². The molecule has 2 nitrogen and oxygen atoms in total. The van der Waals surface area contributed by atoms with Crippen LogP contribution >= 0.6 is 0 Å². The fourth-order valence-corrected chi connectivity index (χ4v) is 1.44. The van der Waals surface area contributed by atoms with Crippen LogP contribution in [0.4, 0.5) is 48.3 Å². The smallest absolute Gasteiger partial charge is 0.329 e. The minimum atomic E-state index is -6.63. The van der Waals surface area contributed by atoms with Gasteiger partial charge in [-0.2, -0.15) is 39.5 Å². The number of hydrogen-bond acceptors (Lipinski definition) is 2. The summed E-state index contributed by atoms with van der Waals surface area (Å²) in [5.41, 5.74) is 0. The Morgan fingerprint density at radius 3 is 1.48 bits per heavy atom. The number of halogens is 11. The van der Waals surface area contributed by atoms with E-state index in [0.29, 0.717) is 0 Å². The molecule has 1 fully saturated rings. The molecule has 1 unspecified atom stereocenters. The number of hydrogen-bond donors (Lipinski definition) is 0. The maximum atomic E-state index is 13.6. The van der Waals surface area contributed by atoms with Gasteiger partial charge in [-0.15, -0.1) is 0 Å². The Kier molecular flexibility index (Phi) is 3.76. The van der Waals surface area contributed by atoms with E-state index >= 15 is 0 Å². The average molecular weight is 342 g/mol. The summed E-state index contributed by atoms with van der Waals surface area (Å²) in [6, 6.07) is 0. The second-order valence-electron chi connectivity index (χ2n) is 4.19. The van der Waals surface area contributed by atoms with Crippen LogP contribution in [0, 0.1) is 0 Å². The molecule has 13 heteroatoms. The molecule has 0 aromatic heterocycles. The monoisotopic (exact) mass is 342 g/mol. The van der Waals surface area contributed by atoms with Crippen LogP contribution in [0.15, 0.2) is 0 Å². The van der Waals surface area contributed by atoms with Gasteiger partial charge in [-0.3, -0.25) is 4.74 Å². The molecule has 0 aliphatic carbocycles. The third-order valence-electron chi connectivity index (χ3n) is 2.52. The van der Waals surface area contributed by atoms with E-state index in [1.165, 1.54) is 0 Å². The van der Waals surface area contributed by atoms with Crippen molar-refractivity contribution in [1.82, 2.24) is 0 Å². The summed E-state index contributed by atoms with van der Waals surface area (Å²) in [7, 11) is 0. The molecular weight excluding hydrogens is 337 g/mol. The van der Waals surface area contributed by atoms with E-state index in [9.17, 15) is 48.3 Å². The Hall–Kier alpha value is -0.850. The summed E-state index contributed by atoms with van der Waals surface area (Å²) in [4.78, 5) is 0. The number of ether oxygens (including phenoxy) is 2. The van der Waals surface area contributed by atoms with Crippen LogP contribution in [-0.2, 0) is 9.47 Å². The van der Waals surface area contributed by atoms with E-state index in [0.717, 1.165) is 0 Å². The van der Waals surface area contributed by atoms with Gasteiger partial charge in [0.2, 0.25) is 0 Å². The predicted molar refractivity (Wildman–Crippen MR) is 41.3 cm³/mol. The molecule has 0 bridgehead atoms. The summed E-state index contributed by atoms with van der Waals surface area (Å²) >= 11 is 0. The molecule has 0 N–H and O–H groups in total. The highest BCUT2D eigenvalue weighted by Crippen LogP contribution is 2.58. The fraction of sp³-hybridized carbons (Fsp3) is 1.00. The molecule has 0 spiro atoms. The molecule has 0 aromatic carbocycles. The third kappa shape index (κ3) is 2.43. The van der Waals surface area contributed by atoms with Gasteiger partial charge in [-0.25, -0.2) is 8.78 Å². The molecular formula is C8H5F11O2. The molecule has 0 saturated carbocycles. The lowest BCUT2D eigenvalue weighted by Crippen LogP contribution is -2.75. The lowest BCUT2D eigenvalue weighted by atomic mass is 10.0. The molecule has 1 rings (SSSR count). The van der Waals surface area contributed by atoms with E-state index in [1.54, 1.807) is 0 Å². The van der Waals surface area contributed by atoms with Gasteiger partial charge in [0.25, 0.3) is 0 Å². The molecule has 126 valence electrons. The van der Waals surface area contributed by atoms with E-state index in [1.807, 2.05) is 0 Å². The molecule has 1 aliphatic rings. The highest BCUT2D eigenvalue weighted by Gasteiger charge is 2.85. The van der Waals surface area contributed by atoms with Crippen molar-refractivity contribution < 1.29 is 57.8 Å². The molecule has 21 heavy (non-hydrogen) atoms. The van der Waals surface area contributed by atoms with Gasteiger partial charge >= 0.3 is 35.8 Å². The molecule has 1 atom stereocenters. The summed E-state index contributed by atoms with van der Waals surface area (Å²) in [6.45, 7) is -3.56. The van der Waals surface area contributed by atoms with Crippen molar-refractivity contribution in [2.45, 2.75) is 42.8 Å². The molecule has 1 heterocycles. The first-order valence-corrected chi connectivity index (χ1v) is 4.83. The summed E-state index contributed by atoms with van der Waals surface area (Å²) in [5, 5.41) is 0. The largest absolute Gasteiger partial charge is 0.453 e. The second kappa shape index (κ2) is 4.33. The van der Waals surface area contributed by atoms with Gasteiger partial charge in [0.1, 0.15) is 6.61 Å². The Morgan fingerprint density at radius 1 is 0.810 bits per heavy atom. The molecule has 1 aliphatic heterocycles. The highest BCUT2D eigenvalue weighted by atomic mass is 19.4. The van der Waals surface area contributed by atoms with E-state index in [-0.39, 0.29) is 0 Å². The van der Waals surface area contributed by atoms with Crippen molar-refractivity contribution >= 4 is 0 Å². The van der Waals surface area contributed by atoms with Crippen LogP contribution in [-0.4, -0.2) is 42.4 Å². The minimum Gasteiger partial charge on any atom is -0.329 e. The van der Waals surface area contributed by atoms with Crippen molar-refractivity contribution in [2.75, 3.05) is 6.61 Å². The molecule has 0 amide bonds. The first-order chi connectivity index (χ1) is 8.91. The van der Waals surface area contributed by atoms with Crippen LogP contribution in [0.25, 0.3) is 0 Å². The van der Waals surface area contributed by atoms with E-state index < -0.39 is 49.4 Å². The maximum Gasteiger partial charge on any atom is 0.453 e. The van der Waals surface area contributed by atoms with Gasteiger partial charge < -0.3 is 4.74 Å². The van der Waals surface area contributed by atoms with Crippen LogP contribution in [0.5, 0.6) is 0 Å². The number of alkyl halides is 11. The van der Waals surface area contributed by atoms with Crippen LogP contribution in [0.2, 0.25) is 0 Å². The van der Waals surface area contributed by atoms with Gasteiger partial charge in [0, 0.05) is 6.92 Å².